The normalized spacial score (nSPS) is 11.4. The van der Waals surface area contributed by atoms with Gasteiger partial charge in [0.05, 0.1) is 5.69 Å². The van der Waals surface area contributed by atoms with Crippen molar-refractivity contribution in [3.63, 3.8) is 0 Å². The maximum atomic E-state index is 13.6. The van der Waals surface area contributed by atoms with Crippen LogP contribution < -0.4 is 4.90 Å². The summed E-state index contributed by atoms with van der Waals surface area (Å²) in [5.74, 6) is -0.822. The molecule has 0 aliphatic heterocycles. The number of nitrogens with zero attached hydrogens (tertiary/aromatic N) is 1. The fourth-order valence-corrected chi connectivity index (χ4v) is 1.72. The average molecular weight is 263 g/mol. The quantitative estimate of drug-likeness (QED) is 0.599. The van der Waals surface area contributed by atoms with Crippen LogP contribution in [0.25, 0.3) is 0 Å². The van der Waals surface area contributed by atoms with E-state index < -0.39 is 18.5 Å². The van der Waals surface area contributed by atoms with E-state index >= 15 is 0 Å². The fourth-order valence-electron chi connectivity index (χ4n) is 1.72. The van der Waals surface area contributed by atoms with E-state index in [4.69, 9.17) is 0 Å². The van der Waals surface area contributed by atoms with Crippen LogP contribution in [0.15, 0.2) is 18.2 Å². The lowest BCUT2D eigenvalue weighted by Crippen LogP contribution is -2.36. The van der Waals surface area contributed by atoms with Crippen LogP contribution in [0.3, 0.4) is 0 Å². The Labute approximate surface area is 102 Å². The van der Waals surface area contributed by atoms with Crippen molar-refractivity contribution in [2.24, 2.45) is 0 Å². The molecule has 0 radical (unpaired) electrons. The second-order valence-corrected chi connectivity index (χ2v) is 3.83. The van der Waals surface area contributed by atoms with Crippen LogP contribution in [0.1, 0.15) is 23.7 Å². The number of hydrogen-bond acceptors (Lipinski definition) is 2. The minimum absolute atomic E-state index is 0.0291. The highest BCUT2D eigenvalue weighted by atomic mass is 19.4. The molecule has 0 saturated carbocycles. The van der Waals surface area contributed by atoms with Crippen molar-refractivity contribution in [2.75, 3.05) is 18.0 Å². The topological polar surface area (TPSA) is 20.3 Å². The highest BCUT2D eigenvalue weighted by Crippen LogP contribution is 2.27. The number of hydrogen-bond donors (Lipinski definition) is 0. The van der Waals surface area contributed by atoms with Crippen LogP contribution in [0.5, 0.6) is 0 Å². The molecule has 18 heavy (non-hydrogen) atoms. The Bertz CT molecular complexity index is 417. The van der Waals surface area contributed by atoms with Gasteiger partial charge in [-0.2, -0.15) is 13.2 Å². The lowest BCUT2D eigenvalue weighted by Gasteiger charge is -2.27. The Hall–Kier alpha value is -1.59. The third-order valence-electron chi connectivity index (χ3n) is 2.32. The van der Waals surface area contributed by atoms with E-state index in [1.165, 1.54) is 12.1 Å². The van der Waals surface area contributed by atoms with Gasteiger partial charge in [0.2, 0.25) is 0 Å². The van der Waals surface area contributed by atoms with Crippen molar-refractivity contribution in [1.82, 2.24) is 0 Å². The number of carbonyl (C=O) groups excluding carboxylic acids is 1. The van der Waals surface area contributed by atoms with Gasteiger partial charge >= 0.3 is 6.18 Å². The predicted molar refractivity (Wildman–Crippen MR) is 60.3 cm³/mol. The zero-order chi connectivity index (χ0) is 13.8. The summed E-state index contributed by atoms with van der Waals surface area (Å²) in [6.45, 7) is 0.439. The number of rotatable bonds is 5. The van der Waals surface area contributed by atoms with Gasteiger partial charge in [-0.15, -0.1) is 0 Å². The lowest BCUT2D eigenvalue weighted by molar-refractivity contribution is -0.119. The van der Waals surface area contributed by atoms with Crippen molar-refractivity contribution in [3.8, 4) is 0 Å². The summed E-state index contributed by atoms with van der Waals surface area (Å²) in [7, 11) is 0. The monoisotopic (exact) mass is 263 g/mol. The number of halogens is 4. The molecule has 0 fully saturated rings. The maximum absolute atomic E-state index is 13.6. The maximum Gasteiger partial charge on any atom is 0.405 e. The molecule has 0 saturated heterocycles. The molecule has 2 nitrogen and oxygen atoms in total. The third-order valence-corrected chi connectivity index (χ3v) is 2.32. The predicted octanol–water partition coefficient (Wildman–Crippen LogP) is 3.42. The summed E-state index contributed by atoms with van der Waals surface area (Å²) in [6.07, 6.45) is -3.67. The Morgan fingerprint density at radius 3 is 2.50 bits per heavy atom. The zero-order valence-corrected chi connectivity index (χ0v) is 9.80. The molecule has 1 rings (SSSR count). The highest BCUT2D eigenvalue weighted by Gasteiger charge is 2.32. The van der Waals surface area contributed by atoms with Crippen molar-refractivity contribution < 1.29 is 22.4 Å². The molecule has 0 N–H and O–H groups in total. The van der Waals surface area contributed by atoms with Gasteiger partial charge in [0, 0.05) is 12.1 Å². The van der Waals surface area contributed by atoms with E-state index in [9.17, 15) is 22.4 Å². The number of para-hydroxylation sites is 1. The molecule has 0 bridgehead atoms. The fraction of sp³-hybridized carbons (Fsp3) is 0.417. The molecule has 0 spiro atoms. The number of benzene rings is 1. The van der Waals surface area contributed by atoms with Gasteiger partial charge in [-0.25, -0.2) is 4.39 Å². The molecule has 0 aliphatic rings. The third kappa shape index (κ3) is 3.72. The van der Waals surface area contributed by atoms with E-state index in [2.05, 4.69) is 0 Å². The van der Waals surface area contributed by atoms with Gasteiger partial charge < -0.3 is 4.90 Å². The average Bonchev–Trinajstić information content (AvgIpc) is 2.26. The first kappa shape index (κ1) is 14.5. The molecule has 0 unspecified atom stereocenters. The Kier molecular flexibility index (Phi) is 4.69. The zero-order valence-electron chi connectivity index (χ0n) is 9.80. The molecular weight excluding hydrogens is 250 g/mol. The van der Waals surface area contributed by atoms with Crippen molar-refractivity contribution in [2.45, 2.75) is 19.5 Å². The number of carbonyl (C=O) groups is 1. The van der Waals surface area contributed by atoms with E-state index in [0.29, 0.717) is 12.7 Å². The van der Waals surface area contributed by atoms with Gasteiger partial charge in [0.15, 0.2) is 6.29 Å². The summed E-state index contributed by atoms with van der Waals surface area (Å²) < 4.78 is 50.9. The molecule has 6 heteroatoms. The molecule has 0 heterocycles. The number of anilines is 1. The van der Waals surface area contributed by atoms with Crippen molar-refractivity contribution in [3.05, 3.63) is 29.6 Å². The molecule has 0 aromatic heterocycles. The van der Waals surface area contributed by atoms with E-state index in [1.54, 1.807) is 6.92 Å². The van der Waals surface area contributed by atoms with Crippen molar-refractivity contribution in [1.29, 1.82) is 0 Å². The molecule has 0 atom stereocenters. The second kappa shape index (κ2) is 5.84. The number of aldehydes is 1. The summed E-state index contributed by atoms with van der Waals surface area (Å²) >= 11 is 0. The van der Waals surface area contributed by atoms with Gasteiger partial charge in [-0.05, 0) is 18.6 Å². The summed E-state index contributed by atoms with van der Waals surface area (Å²) in [4.78, 5) is 11.6. The minimum Gasteiger partial charge on any atom is -0.360 e. The van der Waals surface area contributed by atoms with Gasteiger partial charge in [-0.3, -0.25) is 4.79 Å². The number of alkyl halides is 3. The lowest BCUT2D eigenvalue weighted by atomic mass is 10.1. The first-order valence-electron chi connectivity index (χ1n) is 5.44. The summed E-state index contributed by atoms with van der Waals surface area (Å²) in [5, 5.41) is 0. The summed E-state index contributed by atoms with van der Waals surface area (Å²) in [6, 6.07) is 3.63. The van der Waals surface area contributed by atoms with Crippen LogP contribution in [0, 0.1) is 5.82 Å². The smallest absolute Gasteiger partial charge is 0.360 e. The van der Waals surface area contributed by atoms with Gasteiger partial charge in [-0.1, -0.05) is 13.0 Å². The Morgan fingerprint density at radius 2 is 2.00 bits per heavy atom. The van der Waals surface area contributed by atoms with Gasteiger partial charge in [0.25, 0.3) is 0 Å². The second-order valence-electron chi connectivity index (χ2n) is 3.83. The SMILES string of the molecule is CCCN(CC(F)(F)F)c1c(F)cccc1C=O. The van der Waals surface area contributed by atoms with Gasteiger partial charge in [0.1, 0.15) is 12.4 Å². The van der Waals surface area contributed by atoms with Crippen LogP contribution in [-0.4, -0.2) is 25.6 Å². The minimum atomic E-state index is -4.45. The van der Waals surface area contributed by atoms with E-state index in [1.807, 2.05) is 0 Å². The standard InChI is InChI=1S/C12H13F4NO/c1-2-6-17(8-12(14,15)16)11-9(7-18)4-3-5-10(11)13/h3-5,7H,2,6,8H2,1H3. The molecule has 1 aromatic rings. The van der Waals surface area contributed by atoms with Crippen LogP contribution in [0.2, 0.25) is 0 Å². The molecule has 1 aromatic carbocycles. The Morgan fingerprint density at radius 1 is 1.33 bits per heavy atom. The van der Waals surface area contributed by atoms with Crippen LogP contribution in [-0.2, 0) is 0 Å². The van der Waals surface area contributed by atoms with Crippen LogP contribution in [0.4, 0.5) is 23.2 Å². The highest BCUT2D eigenvalue weighted by molar-refractivity contribution is 5.84. The first-order valence-corrected chi connectivity index (χ1v) is 5.44. The van der Waals surface area contributed by atoms with Crippen LogP contribution >= 0.6 is 0 Å². The molecular formula is C12H13F4NO. The van der Waals surface area contributed by atoms with E-state index in [-0.39, 0.29) is 17.8 Å². The van der Waals surface area contributed by atoms with Crippen molar-refractivity contribution >= 4 is 12.0 Å². The Balaban J connectivity index is 3.16. The largest absolute Gasteiger partial charge is 0.405 e. The first-order chi connectivity index (χ1) is 8.39. The molecule has 100 valence electrons. The summed E-state index contributed by atoms with van der Waals surface area (Å²) in [5.41, 5.74) is -0.362. The molecule has 0 aliphatic carbocycles. The van der Waals surface area contributed by atoms with E-state index in [0.717, 1.165) is 11.0 Å². The molecule has 0 amide bonds.